The van der Waals surface area contributed by atoms with Gasteiger partial charge in [0.05, 0.1) is 4.90 Å². The highest BCUT2D eigenvalue weighted by Gasteiger charge is 2.43. The highest BCUT2D eigenvalue weighted by molar-refractivity contribution is 7.90. The molecule has 0 amide bonds. The maximum absolute atomic E-state index is 14.2. The van der Waals surface area contributed by atoms with E-state index in [0.29, 0.717) is 10.2 Å². The number of pyridine rings is 1. The van der Waals surface area contributed by atoms with E-state index in [2.05, 4.69) is 10.1 Å². The lowest BCUT2D eigenvalue weighted by Gasteiger charge is -2.17. The molecule has 0 bridgehead atoms. The standard InChI is InChI=1S/C20H18F3N3O4S/c1-3-15(19(27)28)26-18(20(21,22)23)16(17(25-26)13-8-10-24-11-9-13)12-4-6-14(7-5-12)31(2,29)30/h4-11,15H,3H2,1-2H3,(H,27,28). The summed E-state index contributed by atoms with van der Waals surface area (Å²) in [6.07, 6.45) is -1.30. The number of carboxylic acids is 1. The summed E-state index contributed by atoms with van der Waals surface area (Å²) in [5, 5.41) is 13.5. The first kappa shape index (κ1) is 22.5. The quantitative estimate of drug-likeness (QED) is 0.604. The van der Waals surface area contributed by atoms with Gasteiger partial charge in [-0.15, -0.1) is 0 Å². The minimum Gasteiger partial charge on any atom is -0.480 e. The fraction of sp³-hybridized carbons (Fsp3) is 0.250. The number of hydrogen-bond donors (Lipinski definition) is 1. The van der Waals surface area contributed by atoms with E-state index in [1.165, 1.54) is 55.7 Å². The zero-order chi connectivity index (χ0) is 23.0. The van der Waals surface area contributed by atoms with Crippen LogP contribution in [0.3, 0.4) is 0 Å². The summed E-state index contributed by atoms with van der Waals surface area (Å²) >= 11 is 0. The number of carboxylic acid groups (broad SMARTS) is 1. The molecular formula is C20H18F3N3O4S. The van der Waals surface area contributed by atoms with Gasteiger partial charge in [-0.3, -0.25) is 4.98 Å². The Morgan fingerprint density at radius 3 is 2.13 bits per heavy atom. The van der Waals surface area contributed by atoms with E-state index in [9.17, 15) is 31.5 Å². The van der Waals surface area contributed by atoms with Crippen LogP contribution < -0.4 is 0 Å². The summed E-state index contributed by atoms with van der Waals surface area (Å²) in [6.45, 7) is 1.45. The smallest absolute Gasteiger partial charge is 0.433 e. The zero-order valence-electron chi connectivity index (χ0n) is 16.5. The van der Waals surface area contributed by atoms with E-state index in [1.54, 1.807) is 0 Å². The number of benzene rings is 1. The Labute approximate surface area is 176 Å². The third-order valence-corrected chi connectivity index (χ3v) is 5.80. The van der Waals surface area contributed by atoms with Gasteiger partial charge in [-0.05, 0) is 36.2 Å². The van der Waals surface area contributed by atoms with Gasteiger partial charge < -0.3 is 5.11 Å². The molecule has 0 aliphatic heterocycles. The summed E-state index contributed by atoms with van der Waals surface area (Å²) in [7, 11) is -3.56. The second kappa shape index (κ2) is 8.14. The third kappa shape index (κ3) is 4.46. The molecule has 1 atom stereocenters. The number of hydrogen-bond acceptors (Lipinski definition) is 5. The minimum atomic E-state index is -4.92. The van der Waals surface area contributed by atoms with Gasteiger partial charge in [-0.25, -0.2) is 17.9 Å². The van der Waals surface area contributed by atoms with Crippen LogP contribution in [0.5, 0.6) is 0 Å². The van der Waals surface area contributed by atoms with E-state index < -0.39 is 33.7 Å². The van der Waals surface area contributed by atoms with Crippen LogP contribution >= 0.6 is 0 Å². The Balaban J connectivity index is 2.39. The molecule has 164 valence electrons. The fourth-order valence-electron chi connectivity index (χ4n) is 3.24. The van der Waals surface area contributed by atoms with Gasteiger partial charge in [-0.1, -0.05) is 19.1 Å². The second-order valence-electron chi connectivity index (χ2n) is 6.81. The topological polar surface area (TPSA) is 102 Å². The Bertz CT molecular complexity index is 1200. The molecule has 11 heteroatoms. The molecule has 3 aromatic rings. The molecule has 2 aromatic heterocycles. The van der Waals surface area contributed by atoms with Gasteiger partial charge in [0.25, 0.3) is 0 Å². The number of nitrogens with zero attached hydrogens (tertiary/aromatic N) is 3. The van der Waals surface area contributed by atoms with Gasteiger partial charge in [0.1, 0.15) is 11.7 Å². The van der Waals surface area contributed by atoms with Crippen LogP contribution in [-0.4, -0.2) is 40.5 Å². The molecular weight excluding hydrogens is 435 g/mol. The van der Waals surface area contributed by atoms with E-state index in [4.69, 9.17) is 0 Å². The summed E-state index contributed by atoms with van der Waals surface area (Å²) in [5.74, 6) is -1.45. The molecule has 0 saturated carbocycles. The molecule has 1 aromatic carbocycles. The van der Waals surface area contributed by atoms with Gasteiger partial charge in [0.2, 0.25) is 0 Å². The summed E-state index contributed by atoms with van der Waals surface area (Å²) < 4.78 is 66.5. The SMILES string of the molecule is CCC(C(=O)O)n1nc(-c2ccncc2)c(-c2ccc(S(C)(=O)=O)cc2)c1C(F)(F)F. The van der Waals surface area contributed by atoms with Gasteiger partial charge >= 0.3 is 12.1 Å². The minimum absolute atomic E-state index is 0.0537. The van der Waals surface area contributed by atoms with E-state index in [1.807, 2.05) is 0 Å². The predicted molar refractivity (Wildman–Crippen MR) is 106 cm³/mol. The number of carbonyl (C=O) groups is 1. The largest absolute Gasteiger partial charge is 0.480 e. The third-order valence-electron chi connectivity index (χ3n) is 4.67. The summed E-state index contributed by atoms with van der Waals surface area (Å²) in [6, 6.07) is 6.28. The highest BCUT2D eigenvalue weighted by atomic mass is 32.2. The summed E-state index contributed by atoms with van der Waals surface area (Å²) in [5.41, 5.74) is -1.28. The molecule has 0 spiro atoms. The van der Waals surface area contributed by atoms with E-state index in [-0.39, 0.29) is 28.1 Å². The Hall–Kier alpha value is -3.21. The normalized spacial score (nSPS) is 13.2. The average molecular weight is 453 g/mol. The number of halogens is 3. The van der Waals surface area contributed by atoms with Crippen molar-refractivity contribution >= 4 is 15.8 Å². The predicted octanol–water partition coefficient (Wildman–Crippen LogP) is 4.07. The number of alkyl halides is 3. The van der Waals surface area contributed by atoms with Crippen LogP contribution in [0, 0.1) is 0 Å². The average Bonchev–Trinajstić information content (AvgIpc) is 3.09. The van der Waals surface area contributed by atoms with Crippen LogP contribution in [0.15, 0.2) is 53.7 Å². The highest BCUT2D eigenvalue weighted by Crippen LogP contribution is 2.44. The van der Waals surface area contributed by atoms with Crippen LogP contribution in [-0.2, 0) is 20.8 Å². The molecule has 1 N–H and O–H groups in total. The molecule has 2 heterocycles. The zero-order valence-corrected chi connectivity index (χ0v) is 17.3. The van der Waals surface area contributed by atoms with Crippen molar-refractivity contribution in [3.8, 4) is 22.4 Å². The molecule has 31 heavy (non-hydrogen) atoms. The molecule has 0 saturated heterocycles. The first-order chi connectivity index (χ1) is 14.4. The number of sulfone groups is 1. The summed E-state index contributed by atoms with van der Waals surface area (Å²) in [4.78, 5) is 15.4. The van der Waals surface area contributed by atoms with Crippen molar-refractivity contribution in [1.29, 1.82) is 0 Å². The Morgan fingerprint density at radius 1 is 1.10 bits per heavy atom. The molecule has 0 aliphatic rings. The van der Waals surface area contributed by atoms with E-state index >= 15 is 0 Å². The van der Waals surface area contributed by atoms with Crippen molar-refractivity contribution in [3.63, 3.8) is 0 Å². The van der Waals surface area contributed by atoms with Gasteiger partial charge in [-0.2, -0.15) is 18.3 Å². The van der Waals surface area contributed by atoms with Crippen molar-refractivity contribution in [3.05, 3.63) is 54.5 Å². The van der Waals surface area contributed by atoms with Gasteiger partial charge in [0, 0.05) is 29.8 Å². The maximum atomic E-state index is 14.2. The maximum Gasteiger partial charge on any atom is 0.433 e. The molecule has 1 unspecified atom stereocenters. The Kier molecular flexibility index (Phi) is 5.90. The molecule has 0 aliphatic carbocycles. The first-order valence-electron chi connectivity index (χ1n) is 9.08. The van der Waals surface area contributed by atoms with Crippen molar-refractivity contribution in [1.82, 2.24) is 14.8 Å². The lowest BCUT2D eigenvalue weighted by Crippen LogP contribution is -2.25. The monoisotopic (exact) mass is 453 g/mol. The van der Waals surface area contributed by atoms with Crippen molar-refractivity contribution in [2.75, 3.05) is 6.26 Å². The van der Waals surface area contributed by atoms with Crippen LogP contribution in [0.2, 0.25) is 0 Å². The number of aliphatic carboxylic acids is 1. The number of aromatic nitrogens is 3. The lowest BCUT2D eigenvalue weighted by atomic mass is 9.99. The van der Waals surface area contributed by atoms with Crippen LogP contribution in [0.1, 0.15) is 25.1 Å². The Morgan fingerprint density at radius 2 is 1.68 bits per heavy atom. The fourth-order valence-corrected chi connectivity index (χ4v) is 3.87. The van der Waals surface area contributed by atoms with Gasteiger partial charge in [0.15, 0.2) is 15.5 Å². The van der Waals surface area contributed by atoms with Crippen molar-refractivity contribution in [2.24, 2.45) is 0 Å². The molecule has 0 fully saturated rings. The first-order valence-corrected chi connectivity index (χ1v) is 11.0. The number of rotatable bonds is 6. The molecule has 3 rings (SSSR count). The molecule has 7 nitrogen and oxygen atoms in total. The second-order valence-corrected chi connectivity index (χ2v) is 8.82. The van der Waals surface area contributed by atoms with Crippen LogP contribution in [0.25, 0.3) is 22.4 Å². The van der Waals surface area contributed by atoms with Crippen molar-refractivity contribution < 1.29 is 31.5 Å². The van der Waals surface area contributed by atoms with Crippen molar-refractivity contribution in [2.45, 2.75) is 30.5 Å². The lowest BCUT2D eigenvalue weighted by molar-refractivity contribution is -0.149. The van der Waals surface area contributed by atoms with Crippen LogP contribution in [0.4, 0.5) is 13.2 Å². The van der Waals surface area contributed by atoms with E-state index in [0.717, 1.165) is 6.26 Å². The molecule has 0 radical (unpaired) electrons.